The lowest BCUT2D eigenvalue weighted by atomic mass is 10.2. The topological polar surface area (TPSA) is 97.2 Å². The van der Waals surface area contributed by atoms with Gasteiger partial charge in [-0.15, -0.1) is 16.4 Å². The monoisotopic (exact) mass is 467 g/mol. The molecule has 0 unspecified atom stereocenters. The van der Waals surface area contributed by atoms with E-state index in [1.807, 2.05) is 47.8 Å². The number of sulfonamides is 1. The lowest BCUT2D eigenvalue weighted by molar-refractivity contribution is 0.0940. The van der Waals surface area contributed by atoms with E-state index in [-0.39, 0.29) is 17.3 Å². The summed E-state index contributed by atoms with van der Waals surface area (Å²) in [7, 11) is -0.702. The van der Waals surface area contributed by atoms with Gasteiger partial charge >= 0.3 is 0 Å². The summed E-state index contributed by atoms with van der Waals surface area (Å²) in [5.74, 6) is 0.0756. The first-order valence-electron chi connectivity index (χ1n) is 9.73. The smallest absolute Gasteiger partial charge is 0.291 e. The molecule has 164 valence electrons. The van der Waals surface area contributed by atoms with E-state index in [1.54, 1.807) is 22.9 Å². The summed E-state index contributed by atoms with van der Waals surface area (Å²) in [4.78, 5) is 18.4. The molecule has 0 radical (unpaired) electrons. The number of carbonyl (C=O) groups is 1. The van der Waals surface area contributed by atoms with Crippen molar-refractivity contribution >= 4 is 27.3 Å². The average Bonchev–Trinajstić information content (AvgIpc) is 3.48. The average molecular weight is 468 g/mol. The summed E-state index contributed by atoms with van der Waals surface area (Å²) in [5, 5.41) is 9.10. The molecule has 8 nitrogen and oxygen atoms in total. The first kappa shape index (κ1) is 21.9. The Kier molecular flexibility index (Phi) is 6.17. The Hall–Kier alpha value is -3.34. The van der Waals surface area contributed by atoms with Gasteiger partial charge in [-0.05, 0) is 35.2 Å². The van der Waals surface area contributed by atoms with Crippen LogP contribution in [0.3, 0.4) is 0 Å². The standard InChI is InChI=1S/C22H21N5O3S2/c1-26(2)32(29,30)19-13-7-6-9-16(19)15-23-22(28)20-24-21(18-12-8-14-31-18)27(25-20)17-10-4-3-5-11-17/h3-14H,15H2,1-2H3,(H,23,28). The number of aromatic nitrogens is 3. The number of hydrogen-bond donors (Lipinski definition) is 1. The Labute approximate surface area is 190 Å². The summed E-state index contributed by atoms with van der Waals surface area (Å²) < 4.78 is 28.0. The Balaban J connectivity index is 1.62. The normalized spacial score (nSPS) is 11.6. The largest absolute Gasteiger partial charge is 0.345 e. The lowest BCUT2D eigenvalue weighted by Crippen LogP contribution is -2.27. The van der Waals surface area contributed by atoms with Crippen molar-refractivity contribution in [3.05, 3.63) is 83.5 Å². The van der Waals surface area contributed by atoms with Gasteiger partial charge in [0.15, 0.2) is 5.82 Å². The highest BCUT2D eigenvalue weighted by Gasteiger charge is 2.22. The minimum absolute atomic E-state index is 0.00482. The molecule has 0 aliphatic rings. The predicted octanol–water partition coefficient (Wildman–Crippen LogP) is 3.18. The van der Waals surface area contributed by atoms with Crippen molar-refractivity contribution in [3.8, 4) is 16.4 Å². The predicted molar refractivity (Wildman–Crippen MR) is 123 cm³/mol. The summed E-state index contributed by atoms with van der Waals surface area (Å²) in [6.07, 6.45) is 0. The molecule has 0 atom stereocenters. The molecule has 0 aliphatic carbocycles. The number of rotatable bonds is 7. The van der Waals surface area contributed by atoms with Crippen LogP contribution >= 0.6 is 11.3 Å². The molecular weight excluding hydrogens is 446 g/mol. The number of benzene rings is 2. The highest BCUT2D eigenvalue weighted by atomic mass is 32.2. The Morgan fingerprint density at radius 1 is 1.03 bits per heavy atom. The summed E-state index contributed by atoms with van der Waals surface area (Å²) in [6, 6.07) is 19.8. The van der Waals surface area contributed by atoms with Crippen LogP contribution in [0.2, 0.25) is 0 Å². The van der Waals surface area contributed by atoms with E-state index in [1.165, 1.54) is 31.5 Å². The first-order valence-corrected chi connectivity index (χ1v) is 12.0. The fraction of sp³-hybridized carbons (Fsp3) is 0.136. The summed E-state index contributed by atoms with van der Waals surface area (Å²) in [6.45, 7) is 0.0241. The quantitative estimate of drug-likeness (QED) is 0.450. The van der Waals surface area contributed by atoms with Crippen molar-refractivity contribution in [3.63, 3.8) is 0 Å². The molecule has 0 aliphatic heterocycles. The molecule has 2 aromatic heterocycles. The van der Waals surface area contributed by atoms with Gasteiger partial charge in [-0.3, -0.25) is 4.79 Å². The molecule has 0 spiro atoms. The van der Waals surface area contributed by atoms with Crippen LogP contribution in [-0.2, 0) is 16.6 Å². The van der Waals surface area contributed by atoms with Gasteiger partial charge in [0.1, 0.15) is 0 Å². The van der Waals surface area contributed by atoms with Gasteiger partial charge in [0.2, 0.25) is 15.8 Å². The second kappa shape index (κ2) is 9.03. The number of para-hydroxylation sites is 1. The molecule has 0 bridgehead atoms. The van der Waals surface area contributed by atoms with Gasteiger partial charge in [0.25, 0.3) is 5.91 Å². The fourth-order valence-corrected chi connectivity index (χ4v) is 4.89. The van der Waals surface area contributed by atoms with Crippen molar-refractivity contribution in [2.24, 2.45) is 0 Å². The second-order valence-electron chi connectivity index (χ2n) is 7.06. The molecule has 0 fully saturated rings. The van der Waals surface area contributed by atoms with Crippen LogP contribution in [0.4, 0.5) is 0 Å². The van der Waals surface area contributed by atoms with Crippen LogP contribution in [0.25, 0.3) is 16.4 Å². The molecule has 0 saturated carbocycles. The van der Waals surface area contributed by atoms with Crippen LogP contribution in [0.5, 0.6) is 0 Å². The third-order valence-corrected chi connectivity index (χ3v) is 7.50. The maximum Gasteiger partial charge on any atom is 0.291 e. The molecule has 2 aromatic carbocycles. The number of nitrogens with zero attached hydrogens (tertiary/aromatic N) is 4. The summed E-state index contributed by atoms with van der Waals surface area (Å²) >= 11 is 1.50. The highest BCUT2D eigenvalue weighted by molar-refractivity contribution is 7.89. The van der Waals surface area contributed by atoms with Crippen LogP contribution in [0, 0.1) is 0 Å². The maximum absolute atomic E-state index is 12.9. The van der Waals surface area contributed by atoms with E-state index in [9.17, 15) is 13.2 Å². The minimum atomic E-state index is -3.64. The minimum Gasteiger partial charge on any atom is -0.345 e. The Bertz CT molecular complexity index is 1330. The van der Waals surface area contributed by atoms with Crippen LogP contribution in [0.1, 0.15) is 16.2 Å². The summed E-state index contributed by atoms with van der Waals surface area (Å²) in [5.41, 5.74) is 1.26. The van der Waals surface area contributed by atoms with Gasteiger partial charge < -0.3 is 5.32 Å². The van der Waals surface area contributed by atoms with Crippen molar-refractivity contribution in [2.75, 3.05) is 14.1 Å². The third kappa shape index (κ3) is 4.33. The first-order chi connectivity index (χ1) is 15.4. The molecule has 1 amide bonds. The van der Waals surface area contributed by atoms with Gasteiger partial charge in [-0.2, -0.15) is 0 Å². The van der Waals surface area contributed by atoms with E-state index in [4.69, 9.17) is 0 Å². The molecular formula is C22H21N5O3S2. The molecule has 32 heavy (non-hydrogen) atoms. The number of carbonyl (C=O) groups excluding carboxylic acids is 1. The molecule has 1 N–H and O–H groups in total. The maximum atomic E-state index is 12.9. The van der Waals surface area contributed by atoms with Crippen LogP contribution in [0.15, 0.2) is 77.0 Å². The van der Waals surface area contributed by atoms with Crippen LogP contribution in [-0.4, -0.2) is 47.5 Å². The number of nitrogens with one attached hydrogen (secondary N) is 1. The second-order valence-corrected chi connectivity index (χ2v) is 10.1. The molecule has 4 rings (SSSR count). The van der Waals surface area contributed by atoms with Gasteiger partial charge in [0.05, 0.1) is 15.5 Å². The zero-order valence-electron chi connectivity index (χ0n) is 17.5. The van der Waals surface area contributed by atoms with Crippen molar-refractivity contribution < 1.29 is 13.2 Å². The van der Waals surface area contributed by atoms with E-state index < -0.39 is 15.9 Å². The Morgan fingerprint density at radius 3 is 2.44 bits per heavy atom. The SMILES string of the molecule is CN(C)S(=O)(=O)c1ccccc1CNC(=O)c1nc(-c2cccs2)n(-c2ccccc2)n1. The van der Waals surface area contributed by atoms with Crippen molar-refractivity contribution in [1.29, 1.82) is 0 Å². The van der Waals surface area contributed by atoms with E-state index in [0.717, 1.165) is 14.9 Å². The van der Waals surface area contributed by atoms with Gasteiger partial charge in [-0.1, -0.05) is 42.5 Å². The van der Waals surface area contributed by atoms with Crippen molar-refractivity contribution in [1.82, 2.24) is 24.4 Å². The molecule has 2 heterocycles. The zero-order chi connectivity index (χ0) is 22.7. The Morgan fingerprint density at radius 2 is 1.75 bits per heavy atom. The molecule has 10 heteroatoms. The van der Waals surface area contributed by atoms with Crippen LogP contribution < -0.4 is 5.32 Å². The highest BCUT2D eigenvalue weighted by Crippen LogP contribution is 2.25. The lowest BCUT2D eigenvalue weighted by Gasteiger charge is -2.15. The third-order valence-electron chi connectivity index (χ3n) is 4.72. The van der Waals surface area contributed by atoms with Crippen molar-refractivity contribution in [2.45, 2.75) is 11.4 Å². The molecule has 0 saturated heterocycles. The zero-order valence-corrected chi connectivity index (χ0v) is 19.1. The number of thiophene rings is 1. The molecule has 4 aromatic rings. The van der Waals surface area contributed by atoms with Gasteiger partial charge in [-0.25, -0.2) is 22.4 Å². The van der Waals surface area contributed by atoms with E-state index >= 15 is 0 Å². The van der Waals surface area contributed by atoms with E-state index in [2.05, 4.69) is 15.4 Å². The number of hydrogen-bond acceptors (Lipinski definition) is 6. The fourth-order valence-electron chi connectivity index (χ4n) is 3.08. The van der Waals surface area contributed by atoms with E-state index in [0.29, 0.717) is 11.4 Å². The van der Waals surface area contributed by atoms with Gasteiger partial charge in [0, 0.05) is 20.6 Å². The number of amides is 1.